The van der Waals surface area contributed by atoms with Gasteiger partial charge in [-0.1, -0.05) is 19.9 Å². The molecule has 0 aliphatic rings. The van der Waals surface area contributed by atoms with Crippen molar-refractivity contribution >= 4 is 17.7 Å². The Balaban J connectivity index is 0.00000496. The van der Waals surface area contributed by atoms with Gasteiger partial charge in [-0.05, 0) is 43.7 Å². The fraction of sp³-hybridized carbons (Fsp3) is 0.594. The maximum Gasteiger partial charge on any atom is 0.354 e. The molecule has 2 rings (SSSR count). The average Bonchev–Trinajstić information content (AvgIpc) is 3.01. The molecule has 0 radical (unpaired) electrons. The minimum absolute atomic E-state index is 0.0132. The molecule has 0 unspecified atom stereocenters. The van der Waals surface area contributed by atoms with Gasteiger partial charge < -0.3 is 29.2 Å². The van der Waals surface area contributed by atoms with Crippen LogP contribution >= 0.6 is 0 Å². The summed E-state index contributed by atoms with van der Waals surface area (Å²) in [5, 5.41) is 18.6. The zero-order valence-corrected chi connectivity index (χ0v) is 27.3. The molecule has 0 aliphatic heterocycles. The Bertz CT molecular complexity index is 1150. The van der Waals surface area contributed by atoms with E-state index in [9.17, 15) is 24.6 Å². The molecule has 0 fully saturated rings. The van der Waals surface area contributed by atoms with Gasteiger partial charge >= 0.3 is 11.9 Å². The Hall–Kier alpha value is -3.33. The summed E-state index contributed by atoms with van der Waals surface area (Å²) in [6.07, 6.45) is 0.149. The number of aromatic carboxylic acids is 2. The largest absolute Gasteiger partial charge is 0.477 e. The number of Topliss-reactive ketones (excluding diaryl/α,β-unsaturated/α-hetero) is 1. The molecule has 0 saturated carbocycles. The lowest BCUT2D eigenvalue weighted by Crippen LogP contribution is -2.32. The fourth-order valence-electron chi connectivity index (χ4n) is 4.18. The molecule has 13 nitrogen and oxygen atoms in total. The smallest absolute Gasteiger partial charge is 0.354 e. The van der Waals surface area contributed by atoms with Crippen LogP contribution in [0.2, 0.25) is 0 Å². The number of aromatic nitrogens is 2. The molecule has 2 heterocycles. The normalized spacial score (nSPS) is 11.0. The van der Waals surface area contributed by atoms with E-state index in [1.165, 1.54) is 19.1 Å². The van der Waals surface area contributed by atoms with Crippen LogP contribution in [0.25, 0.3) is 0 Å². The molecule has 2 aromatic rings. The molecule has 0 aliphatic carbocycles. The molecule has 0 atom stereocenters. The van der Waals surface area contributed by atoms with E-state index >= 15 is 0 Å². The number of pyridine rings is 2. The third-order valence-corrected chi connectivity index (χ3v) is 6.25. The van der Waals surface area contributed by atoms with Crippen molar-refractivity contribution in [2.45, 2.75) is 47.2 Å². The van der Waals surface area contributed by atoms with Crippen LogP contribution in [0.5, 0.6) is 0 Å². The second-order valence-corrected chi connectivity index (χ2v) is 9.82. The van der Waals surface area contributed by atoms with Gasteiger partial charge in [0.25, 0.3) is 0 Å². The highest BCUT2D eigenvalue weighted by Crippen LogP contribution is 2.11. The number of methoxy groups -OCH3 is 1. The standard InChI is InChI=1S/C30H44N4O9.C2H6/c1-4-41-13-9-34(21-25-6-5-7-27(31-25)29(36)37)11-15-43-17-16-42-14-10-33(8-12-40-3)22-26-19-24(18-23(2)35)20-28(32-26)30(38)39;1-2/h5-7,19-20H,4,8-18,21-22H2,1-3H3,(H,36,37)(H,38,39);1-2H3. The monoisotopic (exact) mass is 634 g/mol. The Morgan fingerprint density at radius 2 is 1.27 bits per heavy atom. The van der Waals surface area contributed by atoms with Crippen LogP contribution in [0.4, 0.5) is 0 Å². The third kappa shape index (κ3) is 17.7. The molecule has 2 N–H and O–H groups in total. The molecule has 0 amide bonds. The number of carboxylic acid groups (broad SMARTS) is 2. The molecule has 0 aromatic carbocycles. The topological polar surface area (TPSA) is 161 Å². The van der Waals surface area contributed by atoms with Crippen molar-refractivity contribution in [3.63, 3.8) is 0 Å². The van der Waals surface area contributed by atoms with Gasteiger partial charge in [0.2, 0.25) is 0 Å². The van der Waals surface area contributed by atoms with Crippen molar-refractivity contribution < 1.29 is 43.5 Å². The van der Waals surface area contributed by atoms with Crippen LogP contribution in [0, 0.1) is 0 Å². The molecule has 0 saturated heterocycles. The van der Waals surface area contributed by atoms with Gasteiger partial charge in [-0.3, -0.25) is 14.6 Å². The van der Waals surface area contributed by atoms with Crippen molar-refractivity contribution in [2.75, 3.05) is 79.5 Å². The lowest BCUT2D eigenvalue weighted by molar-refractivity contribution is -0.116. The Morgan fingerprint density at radius 3 is 1.80 bits per heavy atom. The van der Waals surface area contributed by atoms with Crippen LogP contribution in [-0.2, 0) is 43.3 Å². The number of carbonyl (C=O) groups is 3. The summed E-state index contributed by atoms with van der Waals surface area (Å²) in [6, 6.07) is 8.15. The number of carboxylic acids is 2. The van der Waals surface area contributed by atoms with E-state index < -0.39 is 11.9 Å². The first kappa shape index (κ1) is 39.7. The van der Waals surface area contributed by atoms with Gasteiger partial charge in [0.05, 0.1) is 51.0 Å². The highest BCUT2D eigenvalue weighted by atomic mass is 16.5. The maximum absolute atomic E-state index is 11.6. The highest BCUT2D eigenvalue weighted by molar-refractivity contribution is 5.86. The number of nitrogens with zero attached hydrogens (tertiary/aromatic N) is 4. The van der Waals surface area contributed by atoms with E-state index in [0.717, 1.165) is 0 Å². The molecular weight excluding hydrogens is 584 g/mol. The Kier molecular flexibility index (Phi) is 21.1. The van der Waals surface area contributed by atoms with Gasteiger partial charge in [-0.2, -0.15) is 0 Å². The van der Waals surface area contributed by atoms with Gasteiger partial charge in [0, 0.05) is 59.4 Å². The van der Waals surface area contributed by atoms with Crippen molar-refractivity contribution in [2.24, 2.45) is 0 Å². The summed E-state index contributed by atoms with van der Waals surface area (Å²) in [7, 11) is 1.61. The van der Waals surface area contributed by atoms with Gasteiger partial charge in [0.15, 0.2) is 0 Å². The average molecular weight is 635 g/mol. The molecule has 45 heavy (non-hydrogen) atoms. The first-order valence-electron chi connectivity index (χ1n) is 15.3. The number of hydrogen-bond acceptors (Lipinski definition) is 11. The van der Waals surface area contributed by atoms with Gasteiger partial charge in [-0.25, -0.2) is 19.6 Å². The second-order valence-electron chi connectivity index (χ2n) is 9.82. The van der Waals surface area contributed by atoms with Crippen LogP contribution in [0.15, 0.2) is 30.3 Å². The first-order chi connectivity index (χ1) is 21.7. The van der Waals surface area contributed by atoms with Crippen LogP contribution in [0.1, 0.15) is 65.6 Å². The molecule has 13 heteroatoms. The number of rotatable bonds is 24. The molecule has 2 aromatic heterocycles. The van der Waals surface area contributed by atoms with E-state index in [0.29, 0.717) is 102 Å². The van der Waals surface area contributed by atoms with Crippen molar-refractivity contribution in [3.05, 3.63) is 58.7 Å². The quantitative estimate of drug-likeness (QED) is 0.162. The third-order valence-electron chi connectivity index (χ3n) is 6.25. The van der Waals surface area contributed by atoms with Gasteiger partial charge in [-0.15, -0.1) is 0 Å². The summed E-state index contributed by atoms with van der Waals surface area (Å²) in [5.74, 6) is -2.25. The van der Waals surface area contributed by atoms with E-state index in [1.54, 1.807) is 25.3 Å². The molecule has 0 bridgehead atoms. The maximum atomic E-state index is 11.6. The number of ketones is 1. The summed E-state index contributed by atoms with van der Waals surface area (Å²) < 4.78 is 22.2. The summed E-state index contributed by atoms with van der Waals surface area (Å²) in [5.41, 5.74) is 1.78. The van der Waals surface area contributed by atoms with Crippen molar-refractivity contribution in [3.8, 4) is 0 Å². The number of ether oxygens (including phenoxy) is 4. The predicted octanol–water partition coefficient (Wildman–Crippen LogP) is 3.05. The minimum Gasteiger partial charge on any atom is -0.477 e. The highest BCUT2D eigenvalue weighted by Gasteiger charge is 2.14. The molecule has 252 valence electrons. The lowest BCUT2D eigenvalue weighted by Gasteiger charge is -2.22. The van der Waals surface area contributed by atoms with E-state index in [4.69, 9.17) is 18.9 Å². The number of carbonyl (C=O) groups excluding carboxylic acids is 1. The first-order valence-corrected chi connectivity index (χ1v) is 15.3. The van der Waals surface area contributed by atoms with Crippen LogP contribution in [0.3, 0.4) is 0 Å². The molecule has 0 spiro atoms. The van der Waals surface area contributed by atoms with Gasteiger partial charge in [0.1, 0.15) is 17.2 Å². The van der Waals surface area contributed by atoms with E-state index in [1.807, 2.05) is 20.8 Å². The zero-order chi connectivity index (χ0) is 33.5. The fourth-order valence-corrected chi connectivity index (χ4v) is 4.18. The number of hydrogen-bond donors (Lipinski definition) is 2. The van der Waals surface area contributed by atoms with Crippen molar-refractivity contribution in [1.29, 1.82) is 0 Å². The minimum atomic E-state index is -1.14. The zero-order valence-electron chi connectivity index (χ0n) is 27.3. The SMILES string of the molecule is CC.CCOCCN(CCOCCOCCN(CCOC)Cc1cc(CC(C)=O)cc(C(=O)O)n1)Cc1cccc(C(=O)O)n1. The summed E-state index contributed by atoms with van der Waals surface area (Å²) in [6.45, 7) is 14.0. The molecular formula is C32H50N4O9. The summed E-state index contributed by atoms with van der Waals surface area (Å²) >= 11 is 0. The lowest BCUT2D eigenvalue weighted by atomic mass is 10.1. The van der Waals surface area contributed by atoms with Crippen LogP contribution in [-0.4, -0.2) is 127 Å². The van der Waals surface area contributed by atoms with Crippen LogP contribution < -0.4 is 0 Å². The second kappa shape index (κ2) is 24.0. The van der Waals surface area contributed by atoms with E-state index in [2.05, 4.69) is 19.8 Å². The van der Waals surface area contributed by atoms with Crippen molar-refractivity contribution in [1.82, 2.24) is 19.8 Å². The van der Waals surface area contributed by atoms with E-state index in [-0.39, 0.29) is 23.6 Å². The Morgan fingerprint density at radius 1 is 0.733 bits per heavy atom. The Labute approximate surface area is 266 Å². The predicted molar refractivity (Wildman–Crippen MR) is 169 cm³/mol. The summed E-state index contributed by atoms with van der Waals surface area (Å²) in [4.78, 5) is 47.0.